The molecule has 2 aromatic carbocycles. The molecule has 1 aliphatic heterocycles. The fraction of sp³-hybridized carbons (Fsp3) is 0.440. The van der Waals surface area contributed by atoms with Gasteiger partial charge in [-0.25, -0.2) is 4.79 Å². The standard InChI is InChI=1S/C25H34N4O3/c1-4-29(18(2)3)17-19-7-9-20(10-8-19)24(30)27-21-11-13-22(14-12-21)28-25(31)26-16-23-6-5-15-32-23/h7-14,18,23H,4-6,15-17H2,1-3H3,(H,27,30)(H2,26,28,31). The molecule has 2 aromatic rings. The fourth-order valence-electron chi connectivity index (χ4n) is 3.68. The first-order chi connectivity index (χ1) is 15.4. The van der Waals surface area contributed by atoms with Gasteiger partial charge in [0, 0.05) is 42.7 Å². The van der Waals surface area contributed by atoms with Crippen molar-refractivity contribution >= 4 is 23.3 Å². The molecule has 7 nitrogen and oxygen atoms in total. The predicted molar refractivity (Wildman–Crippen MR) is 128 cm³/mol. The van der Waals surface area contributed by atoms with E-state index >= 15 is 0 Å². The van der Waals surface area contributed by atoms with Crippen molar-refractivity contribution in [3.8, 4) is 0 Å². The smallest absolute Gasteiger partial charge is 0.319 e. The van der Waals surface area contributed by atoms with E-state index in [9.17, 15) is 9.59 Å². The molecule has 0 saturated carbocycles. The maximum Gasteiger partial charge on any atom is 0.319 e. The average molecular weight is 439 g/mol. The Balaban J connectivity index is 1.48. The Kier molecular flexibility index (Phi) is 8.64. The average Bonchev–Trinajstić information content (AvgIpc) is 3.31. The minimum Gasteiger partial charge on any atom is -0.376 e. The molecule has 3 amide bonds. The van der Waals surface area contributed by atoms with Gasteiger partial charge in [0.1, 0.15) is 0 Å². The lowest BCUT2D eigenvalue weighted by molar-refractivity contribution is 0.102. The van der Waals surface area contributed by atoms with Crippen LogP contribution in [0, 0.1) is 0 Å². The van der Waals surface area contributed by atoms with E-state index in [4.69, 9.17) is 4.74 Å². The van der Waals surface area contributed by atoms with Crippen molar-refractivity contribution in [2.75, 3.05) is 30.3 Å². The second-order valence-corrected chi connectivity index (χ2v) is 8.36. The van der Waals surface area contributed by atoms with E-state index in [2.05, 4.69) is 41.6 Å². The number of nitrogens with one attached hydrogen (secondary N) is 3. The molecular weight excluding hydrogens is 404 g/mol. The van der Waals surface area contributed by atoms with Crippen molar-refractivity contribution in [3.05, 3.63) is 59.7 Å². The Labute approximate surface area is 190 Å². The molecule has 3 rings (SSSR count). The second-order valence-electron chi connectivity index (χ2n) is 8.36. The summed E-state index contributed by atoms with van der Waals surface area (Å²) in [7, 11) is 0. The molecule has 1 fully saturated rings. The third kappa shape index (κ3) is 7.07. The number of amides is 3. The summed E-state index contributed by atoms with van der Waals surface area (Å²) in [5, 5.41) is 8.51. The van der Waals surface area contributed by atoms with E-state index in [0.717, 1.165) is 32.5 Å². The summed E-state index contributed by atoms with van der Waals surface area (Å²) in [6.45, 7) is 9.65. The molecule has 0 aromatic heterocycles. The number of carbonyl (C=O) groups excluding carboxylic acids is 2. The number of rotatable bonds is 9. The number of ether oxygens (including phenoxy) is 1. The van der Waals surface area contributed by atoms with Crippen molar-refractivity contribution in [2.45, 2.75) is 52.3 Å². The third-order valence-corrected chi connectivity index (χ3v) is 5.65. The minimum atomic E-state index is -0.267. The van der Waals surface area contributed by atoms with Gasteiger partial charge in [0.15, 0.2) is 0 Å². The molecule has 0 bridgehead atoms. The summed E-state index contributed by atoms with van der Waals surface area (Å²) in [4.78, 5) is 27.0. The lowest BCUT2D eigenvalue weighted by atomic mass is 10.1. The van der Waals surface area contributed by atoms with Crippen molar-refractivity contribution < 1.29 is 14.3 Å². The first-order valence-corrected chi connectivity index (χ1v) is 11.4. The highest BCUT2D eigenvalue weighted by Gasteiger charge is 2.16. The van der Waals surface area contributed by atoms with Crippen LogP contribution >= 0.6 is 0 Å². The van der Waals surface area contributed by atoms with Crippen LogP contribution in [0.3, 0.4) is 0 Å². The van der Waals surface area contributed by atoms with Crippen LogP contribution in [0.1, 0.15) is 49.5 Å². The predicted octanol–water partition coefficient (Wildman–Crippen LogP) is 4.47. The molecule has 1 unspecified atom stereocenters. The SMILES string of the molecule is CCN(Cc1ccc(C(=O)Nc2ccc(NC(=O)NCC3CCCO3)cc2)cc1)C(C)C. The molecule has 7 heteroatoms. The number of nitrogens with zero attached hydrogens (tertiary/aromatic N) is 1. The van der Waals surface area contributed by atoms with Gasteiger partial charge in [0.05, 0.1) is 6.10 Å². The number of benzene rings is 2. The van der Waals surface area contributed by atoms with Crippen LogP contribution in [0.25, 0.3) is 0 Å². The number of hydrogen-bond donors (Lipinski definition) is 3. The Morgan fingerprint density at radius 2 is 1.69 bits per heavy atom. The van der Waals surface area contributed by atoms with E-state index in [1.54, 1.807) is 24.3 Å². The van der Waals surface area contributed by atoms with Gasteiger partial charge < -0.3 is 20.7 Å². The van der Waals surface area contributed by atoms with Crippen molar-refractivity contribution in [2.24, 2.45) is 0 Å². The summed E-state index contributed by atoms with van der Waals surface area (Å²) in [5.74, 6) is -0.164. The van der Waals surface area contributed by atoms with Crippen LogP contribution in [0.4, 0.5) is 16.2 Å². The van der Waals surface area contributed by atoms with Gasteiger partial charge in [0.25, 0.3) is 5.91 Å². The van der Waals surface area contributed by atoms with E-state index in [-0.39, 0.29) is 18.0 Å². The fourth-order valence-corrected chi connectivity index (χ4v) is 3.68. The molecular formula is C25H34N4O3. The summed E-state index contributed by atoms with van der Waals surface area (Å²) in [5.41, 5.74) is 3.12. The summed E-state index contributed by atoms with van der Waals surface area (Å²) in [6, 6.07) is 15.0. The Morgan fingerprint density at radius 3 is 2.25 bits per heavy atom. The highest BCUT2D eigenvalue weighted by atomic mass is 16.5. The van der Waals surface area contributed by atoms with Crippen LogP contribution < -0.4 is 16.0 Å². The van der Waals surface area contributed by atoms with Gasteiger partial charge in [-0.05, 0) is 75.2 Å². The van der Waals surface area contributed by atoms with Crippen LogP contribution in [-0.4, -0.2) is 48.7 Å². The van der Waals surface area contributed by atoms with Crippen LogP contribution in [-0.2, 0) is 11.3 Å². The van der Waals surface area contributed by atoms with E-state index in [1.165, 1.54) is 5.56 Å². The zero-order valence-electron chi connectivity index (χ0n) is 19.2. The van der Waals surface area contributed by atoms with E-state index < -0.39 is 0 Å². The molecule has 3 N–H and O–H groups in total. The molecule has 1 saturated heterocycles. The highest BCUT2D eigenvalue weighted by Crippen LogP contribution is 2.16. The van der Waals surface area contributed by atoms with Gasteiger partial charge in [0.2, 0.25) is 0 Å². The molecule has 1 aliphatic rings. The molecule has 172 valence electrons. The number of anilines is 2. The highest BCUT2D eigenvalue weighted by molar-refractivity contribution is 6.04. The molecule has 32 heavy (non-hydrogen) atoms. The molecule has 0 aliphatic carbocycles. The van der Waals surface area contributed by atoms with Crippen molar-refractivity contribution in [1.29, 1.82) is 0 Å². The lowest BCUT2D eigenvalue weighted by Crippen LogP contribution is -2.35. The lowest BCUT2D eigenvalue weighted by Gasteiger charge is -2.24. The zero-order valence-corrected chi connectivity index (χ0v) is 19.2. The number of carbonyl (C=O) groups is 2. The van der Waals surface area contributed by atoms with E-state index in [1.807, 2.05) is 24.3 Å². The van der Waals surface area contributed by atoms with Crippen molar-refractivity contribution in [1.82, 2.24) is 10.2 Å². The Morgan fingerprint density at radius 1 is 1.03 bits per heavy atom. The summed E-state index contributed by atoms with van der Waals surface area (Å²) < 4.78 is 5.50. The van der Waals surface area contributed by atoms with Gasteiger partial charge in [-0.3, -0.25) is 9.69 Å². The minimum absolute atomic E-state index is 0.105. The third-order valence-electron chi connectivity index (χ3n) is 5.65. The second kappa shape index (κ2) is 11.6. The normalized spacial score (nSPS) is 15.7. The quantitative estimate of drug-likeness (QED) is 0.539. The van der Waals surface area contributed by atoms with Gasteiger partial charge in [-0.1, -0.05) is 19.1 Å². The van der Waals surface area contributed by atoms with Crippen LogP contribution in [0.15, 0.2) is 48.5 Å². The first-order valence-electron chi connectivity index (χ1n) is 11.4. The van der Waals surface area contributed by atoms with Gasteiger partial charge in [-0.15, -0.1) is 0 Å². The summed E-state index contributed by atoms with van der Waals surface area (Å²) in [6.07, 6.45) is 2.13. The molecule has 1 atom stereocenters. The molecule has 0 spiro atoms. The zero-order chi connectivity index (χ0) is 22.9. The van der Waals surface area contributed by atoms with Crippen LogP contribution in [0.5, 0.6) is 0 Å². The first kappa shape index (κ1) is 23.8. The topological polar surface area (TPSA) is 82.7 Å². The van der Waals surface area contributed by atoms with Gasteiger partial charge >= 0.3 is 6.03 Å². The molecule has 1 heterocycles. The van der Waals surface area contributed by atoms with E-state index in [0.29, 0.717) is 29.5 Å². The van der Waals surface area contributed by atoms with Crippen molar-refractivity contribution in [3.63, 3.8) is 0 Å². The maximum absolute atomic E-state index is 12.6. The number of urea groups is 1. The monoisotopic (exact) mass is 438 g/mol. The maximum atomic E-state index is 12.6. The number of hydrogen-bond acceptors (Lipinski definition) is 4. The largest absolute Gasteiger partial charge is 0.376 e. The Hall–Kier alpha value is -2.90. The Bertz CT molecular complexity index is 875. The van der Waals surface area contributed by atoms with Crippen LogP contribution in [0.2, 0.25) is 0 Å². The molecule has 0 radical (unpaired) electrons. The van der Waals surface area contributed by atoms with Gasteiger partial charge in [-0.2, -0.15) is 0 Å². The summed E-state index contributed by atoms with van der Waals surface area (Å²) >= 11 is 0.